The van der Waals surface area contributed by atoms with Gasteiger partial charge in [0.1, 0.15) is 5.82 Å². The summed E-state index contributed by atoms with van der Waals surface area (Å²) in [5.41, 5.74) is 1.41. The molecule has 1 aromatic carbocycles. The number of amides is 1. The number of halogens is 2. The molecule has 0 bridgehead atoms. The smallest absolute Gasteiger partial charge is 0.291 e. The van der Waals surface area contributed by atoms with E-state index in [9.17, 15) is 13.6 Å². The molecule has 4 rings (SSSR count). The molecule has 1 N–H and O–H groups in total. The number of anilines is 2. The predicted octanol–water partition coefficient (Wildman–Crippen LogP) is 6.19. The van der Waals surface area contributed by atoms with Crippen LogP contribution in [0.1, 0.15) is 44.1 Å². The minimum absolute atomic E-state index is 0.00916. The molecule has 3 heterocycles. The van der Waals surface area contributed by atoms with Crippen LogP contribution in [0.4, 0.5) is 20.3 Å². The monoisotopic (exact) mass is 465 g/mol. The van der Waals surface area contributed by atoms with Crippen LogP contribution in [-0.2, 0) is 9.53 Å². The van der Waals surface area contributed by atoms with Crippen LogP contribution >= 0.6 is 0 Å². The van der Waals surface area contributed by atoms with Gasteiger partial charge in [-0.1, -0.05) is 36.9 Å². The van der Waals surface area contributed by atoms with E-state index in [0.29, 0.717) is 29.9 Å². The van der Waals surface area contributed by atoms with E-state index >= 15 is 0 Å². The third-order valence-electron chi connectivity index (χ3n) is 6.32. The van der Waals surface area contributed by atoms with Gasteiger partial charge in [-0.25, -0.2) is 4.98 Å². The van der Waals surface area contributed by atoms with Crippen molar-refractivity contribution >= 4 is 17.4 Å². The molecule has 2 aliphatic rings. The maximum Gasteiger partial charge on any atom is 0.291 e. The van der Waals surface area contributed by atoms with Crippen LogP contribution in [0, 0.1) is 0 Å². The number of aromatic nitrogens is 1. The minimum atomic E-state index is -3.33. The number of hydrogen-bond acceptors (Lipinski definition) is 4. The maximum absolute atomic E-state index is 14.4. The molecule has 0 saturated carbocycles. The normalized spacial score (nSPS) is 17.5. The molecule has 1 saturated heterocycles. The lowest BCUT2D eigenvalue weighted by molar-refractivity contribution is -0.115. The fraction of sp³-hybridized carbons (Fsp3) is 0.333. The van der Waals surface area contributed by atoms with Crippen molar-refractivity contribution in [3.8, 4) is 0 Å². The molecule has 2 aliphatic heterocycles. The second-order valence-electron chi connectivity index (χ2n) is 8.62. The van der Waals surface area contributed by atoms with Gasteiger partial charge >= 0.3 is 0 Å². The summed E-state index contributed by atoms with van der Waals surface area (Å²) in [5.74, 6) is -2.67. The van der Waals surface area contributed by atoms with E-state index in [4.69, 9.17) is 4.74 Å². The van der Waals surface area contributed by atoms with Crippen molar-refractivity contribution in [1.29, 1.82) is 0 Å². The third kappa shape index (κ3) is 5.35. The van der Waals surface area contributed by atoms with Crippen LogP contribution < -0.4 is 10.2 Å². The van der Waals surface area contributed by atoms with Gasteiger partial charge in [-0.15, -0.1) is 0 Å². The van der Waals surface area contributed by atoms with Crippen molar-refractivity contribution in [2.24, 2.45) is 0 Å². The highest BCUT2D eigenvalue weighted by Gasteiger charge is 2.37. The van der Waals surface area contributed by atoms with Crippen molar-refractivity contribution in [3.05, 3.63) is 90.0 Å². The van der Waals surface area contributed by atoms with Crippen molar-refractivity contribution in [1.82, 2.24) is 4.98 Å². The predicted molar refractivity (Wildman–Crippen MR) is 130 cm³/mol. The molecule has 34 heavy (non-hydrogen) atoms. The Morgan fingerprint density at radius 2 is 1.94 bits per heavy atom. The number of nitrogens with one attached hydrogen (secondary N) is 1. The van der Waals surface area contributed by atoms with Crippen LogP contribution in [-0.4, -0.2) is 29.9 Å². The van der Waals surface area contributed by atoms with Crippen molar-refractivity contribution in [3.63, 3.8) is 0 Å². The maximum atomic E-state index is 14.4. The number of hydrogen-bond donors (Lipinski definition) is 1. The number of benzene rings is 1. The van der Waals surface area contributed by atoms with E-state index in [1.54, 1.807) is 25.3 Å². The average Bonchev–Trinajstić information content (AvgIpc) is 3.07. The summed E-state index contributed by atoms with van der Waals surface area (Å²) in [4.78, 5) is 19.6. The van der Waals surface area contributed by atoms with Gasteiger partial charge in [-0.2, -0.15) is 8.78 Å². The summed E-state index contributed by atoms with van der Waals surface area (Å²) in [5, 5.41) is 2.65. The Labute approximate surface area is 198 Å². The van der Waals surface area contributed by atoms with Gasteiger partial charge < -0.3 is 15.0 Å². The Balaban J connectivity index is 1.42. The molecule has 1 aromatic heterocycles. The van der Waals surface area contributed by atoms with Gasteiger partial charge in [-0.05, 0) is 68.4 Å². The van der Waals surface area contributed by atoms with Crippen molar-refractivity contribution in [2.45, 2.75) is 44.4 Å². The Hall–Kier alpha value is -3.48. The highest BCUT2D eigenvalue weighted by molar-refractivity contribution is 6.03. The molecule has 0 atom stereocenters. The molecule has 178 valence electrons. The van der Waals surface area contributed by atoms with Crippen LogP contribution in [0.15, 0.2) is 84.5 Å². The lowest BCUT2D eigenvalue weighted by Crippen LogP contribution is -2.33. The van der Waals surface area contributed by atoms with Crippen LogP contribution in [0.5, 0.6) is 0 Å². The molecule has 0 spiro atoms. The Kier molecular flexibility index (Phi) is 7.10. The van der Waals surface area contributed by atoms with Gasteiger partial charge in [0.15, 0.2) is 5.76 Å². The first-order valence-electron chi connectivity index (χ1n) is 11.5. The van der Waals surface area contributed by atoms with Crippen molar-refractivity contribution in [2.75, 3.05) is 23.3 Å². The summed E-state index contributed by atoms with van der Waals surface area (Å²) in [6, 6.07) is 14.1. The number of rotatable bonds is 6. The van der Waals surface area contributed by atoms with E-state index in [2.05, 4.69) is 46.0 Å². The van der Waals surface area contributed by atoms with Crippen molar-refractivity contribution < 1.29 is 18.3 Å². The quantitative estimate of drug-likeness (QED) is 0.517. The van der Waals surface area contributed by atoms with E-state index in [0.717, 1.165) is 31.7 Å². The van der Waals surface area contributed by atoms with E-state index in [1.165, 1.54) is 5.56 Å². The zero-order valence-corrected chi connectivity index (χ0v) is 19.3. The zero-order valence-electron chi connectivity index (χ0n) is 19.3. The van der Waals surface area contributed by atoms with Gasteiger partial charge in [0.05, 0.1) is 23.2 Å². The first kappa shape index (κ1) is 23.7. The second-order valence-corrected chi connectivity index (χ2v) is 8.62. The van der Waals surface area contributed by atoms with E-state index in [1.807, 2.05) is 12.1 Å². The third-order valence-corrected chi connectivity index (χ3v) is 6.32. The highest BCUT2D eigenvalue weighted by Crippen LogP contribution is 2.35. The van der Waals surface area contributed by atoms with Crippen LogP contribution in [0.3, 0.4) is 0 Å². The number of alkyl halides is 2. The average molecular weight is 466 g/mol. The summed E-state index contributed by atoms with van der Waals surface area (Å²) < 4.78 is 34.3. The number of nitrogens with zero attached hydrogens (tertiary/aromatic N) is 2. The zero-order chi connectivity index (χ0) is 24.1. The first-order chi connectivity index (χ1) is 16.4. The summed E-state index contributed by atoms with van der Waals surface area (Å²) in [7, 11) is 0. The van der Waals surface area contributed by atoms with Gasteiger partial charge in [0, 0.05) is 13.1 Å². The topological polar surface area (TPSA) is 54.5 Å². The Morgan fingerprint density at radius 3 is 2.59 bits per heavy atom. The number of pyridine rings is 1. The second kappa shape index (κ2) is 10.2. The Morgan fingerprint density at radius 1 is 1.21 bits per heavy atom. The molecule has 1 fully saturated rings. The van der Waals surface area contributed by atoms with Crippen LogP contribution in [0.2, 0.25) is 0 Å². The Bertz CT molecular complexity index is 1090. The van der Waals surface area contributed by atoms with Gasteiger partial charge in [-0.3, -0.25) is 4.79 Å². The largest absolute Gasteiger partial charge is 0.456 e. The van der Waals surface area contributed by atoms with E-state index < -0.39 is 11.8 Å². The minimum Gasteiger partial charge on any atom is -0.456 e. The number of piperidine rings is 1. The molecule has 0 radical (unpaired) electrons. The first-order valence-corrected chi connectivity index (χ1v) is 11.5. The molecule has 2 aromatic rings. The van der Waals surface area contributed by atoms with Gasteiger partial charge in [0.2, 0.25) is 0 Å². The fourth-order valence-corrected chi connectivity index (χ4v) is 4.42. The summed E-state index contributed by atoms with van der Waals surface area (Å²) in [6.45, 7) is 6.63. The molecular formula is C27H29F2N3O2. The van der Waals surface area contributed by atoms with Crippen LogP contribution in [0.25, 0.3) is 0 Å². The lowest BCUT2D eigenvalue weighted by atomic mass is 9.89. The molecule has 0 unspecified atom stereocenters. The summed E-state index contributed by atoms with van der Waals surface area (Å²) >= 11 is 0. The molecule has 7 heteroatoms. The molecule has 0 aliphatic carbocycles. The number of ether oxygens (including phenoxy) is 1. The van der Waals surface area contributed by atoms with Gasteiger partial charge in [0.25, 0.3) is 11.8 Å². The van der Waals surface area contributed by atoms with E-state index in [-0.39, 0.29) is 17.8 Å². The number of carbonyl (C=O) groups excluding carboxylic acids is 1. The fourth-order valence-electron chi connectivity index (χ4n) is 4.42. The number of allylic oxidation sites excluding steroid dienone is 4. The standard InChI is InChI=1S/C27H29F2N3O2/c1-3-27(28,29)23-11-7-8-19(2)34-25(23)26(33)31-22-12-13-24(30-18-22)32-16-14-21(15-17-32)20-9-5-4-6-10-20/h3-6,8-10,12-13,18,21H,1,7,11,14-17H2,2H3,(H,31,33). The number of carbonyl (C=O) groups is 1. The molecule has 5 nitrogen and oxygen atoms in total. The molecule has 1 amide bonds. The SMILES string of the molecule is C=CC(F)(F)C1=C(C(=O)Nc2ccc(N3CCC(c4ccccc4)CC3)nc2)OC(C)=CCC1. The highest BCUT2D eigenvalue weighted by atomic mass is 19.3. The summed E-state index contributed by atoms with van der Waals surface area (Å²) in [6.07, 6.45) is 6.23. The lowest BCUT2D eigenvalue weighted by Gasteiger charge is -2.33. The molecular weight excluding hydrogens is 436 g/mol.